The molecule has 1 unspecified atom stereocenters. The van der Waals surface area contributed by atoms with Crippen molar-refractivity contribution in [2.75, 3.05) is 0 Å². The van der Waals surface area contributed by atoms with Crippen LogP contribution in [0.2, 0.25) is 5.02 Å². The number of rotatable bonds is 3. The Morgan fingerprint density at radius 3 is 2.53 bits per heavy atom. The zero-order valence-electron chi connectivity index (χ0n) is 10.5. The molecule has 0 aliphatic heterocycles. The highest BCUT2D eigenvalue weighted by Crippen LogP contribution is 2.24. The molecule has 19 heavy (non-hydrogen) atoms. The first kappa shape index (κ1) is 14.0. The SMILES string of the molecule is Cc1cc(F)cc(C(N)Cc2cc(F)ccc2Cl)c1. The molecule has 0 saturated carbocycles. The van der Waals surface area contributed by atoms with Crippen LogP contribution in [-0.2, 0) is 6.42 Å². The number of benzene rings is 2. The minimum absolute atomic E-state index is 0.323. The third-order valence-electron chi connectivity index (χ3n) is 2.94. The molecule has 1 nitrogen and oxygen atoms in total. The van der Waals surface area contributed by atoms with Crippen molar-refractivity contribution >= 4 is 11.6 Å². The molecule has 0 spiro atoms. The largest absolute Gasteiger partial charge is 0.324 e. The highest BCUT2D eigenvalue weighted by Gasteiger charge is 2.12. The first-order chi connectivity index (χ1) is 8.95. The van der Waals surface area contributed by atoms with Gasteiger partial charge in [0.15, 0.2) is 0 Å². The van der Waals surface area contributed by atoms with Crippen LogP contribution in [0.1, 0.15) is 22.7 Å². The molecule has 2 rings (SSSR count). The van der Waals surface area contributed by atoms with Gasteiger partial charge in [0.2, 0.25) is 0 Å². The van der Waals surface area contributed by atoms with E-state index in [1.165, 1.54) is 30.3 Å². The molecule has 0 fully saturated rings. The lowest BCUT2D eigenvalue weighted by molar-refractivity contribution is 0.613. The van der Waals surface area contributed by atoms with Gasteiger partial charge in [0.25, 0.3) is 0 Å². The molecule has 2 aromatic carbocycles. The fourth-order valence-electron chi connectivity index (χ4n) is 2.03. The van der Waals surface area contributed by atoms with Crippen molar-refractivity contribution in [3.63, 3.8) is 0 Å². The van der Waals surface area contributed by atoms with Gasteiger partial charge in [-0.25, -0.2) is 8.78 Å². The van der Waals surface area contributed by atoms with E-state index in [-0.39, 0.29) is 11.6 Å². The van der Waals surface area contributed by atoms with Crippen LogP contribution in [0.25, 0.3) is 0 Å². The lowest BCUT2D eigenvalue weighted by Crippen LogP contribution is -2.14. The Balaban J connectivity index is 2.25. The summed E-state index contributed by atoms with van der Waals surface area (Å²) in [5.74, 6) is -0.683. The van der Waals surface area contributed by atoms with E-state index in [2.05, 4.69) is 0 Å². The Morgan fingerprint density at radius 1 is 1.11 bits per heavy atom. The minimum atomic E-state index is -0.423. The second-order valence-corrected chi connectivity index (χ2v) is 5.02. The maximum Gasteiger partial charge on any atom is 0.123 e. The maximum atomic E-state index is 13.3. The number of halogens is 3. The molecule has 0 saturated heterocycles. The second kappa shape index (κ2) is 5.68. The quantitative estimate of drug-likeness (QED) is 0.898. The lowest BCUT2D eigenvalue weighted by atomic mass is 9.98. The minimum Gasteiger partial charge on any atom is -0.324 e. The molecule has 0 amide bonds. The summed E-state index contributed by atoms with van der Waals surface area (Å²) < 4.78 is 26.5. The first-order valence-corrected chi connectivity index (χ1v) is 6.30. The fourth-order valence-corrected chi connectivity index (χ4v) is 2.23. The van der Waals surface area contributed by atoms with Crippen LogP contribution in [-0.4, -0.2) is 0 Å². The molecule has 1 atom stereocenters. The molecule has 4 heteroatoms. The van der Waals surface area contributed by atoms with Crippen molar-refractivity contribution in [3.8, 4) is 0 Å². The fraction of sp³-hybridized carbons (Fsp3) is 0.200. The van der Waals surface area contributed by atoms with Gasteiger partial charge in [-0.3, -0.25) is 0 Å². The van der Waals surface area contributed by atoms with E-state index in [1.54, 1.807) is 6.92 Å². The Kier molecular flexibility index (Phi) is 4.17. The molecule has 2 N–H and O–H groups in total. The monoisotopic (exact) mass is 281 g/mol. The molecule has 0 aliphatic carbocycles. The van der Waals surface area contributed by atoms with Crippen molar-refractivity contribution in [2.45, 2.75) is 19.4 Å². The predicted molar refractivity (Wildman–Crippen MR) is 73.2 cm³/mol. The number of nitrogens with two attached hydrogens (primary N) is 1. The van der Waals surface area contributed by atoms with Gasteiger partial charge >= 0.3 is 0 Å². The van der Waals surface area contributed by atoms with Gasteiger partial charge in [0.05, 0.1) is 0 Å². The van der Waals surface area contributed by atoms with Crippen molar-refractivity contribution in [1.82, 2.24) is 0 Å². The van der Waals surface area contributed by atoms with Gasteiger partial charge in [-0.05, 0) is 60.4 Å². The zero-order chi connectivity index (χ0) is 14.0. The van der Waals surface area contributed by atoms with E-state index in [1.807, 2.05) is 6.07 Å². The Labute approximate surface area is 116 Å². The van der Waals surface area contributed by atoms with Gasteiger partial charge in [-0.2, -0.15) is 0 Å². The zero-order valence-corrected chi connectivity index (χ0v) is 11.2. The van der Waals surface area contributed by atoms with E-state index in [0.29, 0.717) is 22.6 Å². The normalized spacial score (nSPS) is 12.5. The van der Waals surface area contributed by atoms with E-state index in [9.17, 15) is 8.78 Å². The van der Waals surface area contributed by atoms with Crippen molar-refractivity contribution in [2.24, 2.45) is 5.73 Å². The molecule has 0 aliphatic rings. The van der Waals surface area contributed by atoms with Gasteiger partial charge in [-0.1, -0.05) is 17.7 Å². The van der Waals surface area contributed by atoms with Gasteiger partial charge in [-0.15, -0.1) is 0 Å². The van der Waals surface area contributed by atoms with Crippen molar-refractivity contribution in [1.29, 1.82) is 0 Å². The van der Waals surface area contributed by atoms with E-state index in [4.69, 9.17) is 17.3 Å². The lowest BCUT2D eigenvalue weighted by Gasteiger charge is -2.14. The summed E-state index contributed by atoms with van der Waals surface area (Å²) in [7, 11) is 0. The van der Waals surface area contributed by atoms with Crippen LogP contribution >= 0.6 is 11.6 Å². The number of aryl methyl sites for hydroxylation is 1. The van der Waals surface area contributed by atoms with Crippen LogP contribution in [0.3, 0.4) is 0 Å². The number of hydrogen-bond donors (Lipinski definition) is 1. The maximum absolute atomic E-state index is 13.3. The summed E-state index contributed by atoms with van der Waals surface area (Å²) in [6.45, 7) is 1.80. The summed E-state index contributed by atoms with van der Waals surface area (Å²) in [6, 6.07) is 8.37. The first-order valence-electron chi connectivity index (χ1n) is 5.92. The molecular formula is C15H14ClF2N. The molecule has 0 bridgehead atoms. The Bertz CT molecular complexity index is 578. The van der Waals surface area contributed by atoms with E-state index in [0.717, 1.165) is 5.56 Å². The second-order valence-electron chi connectivity index (χ2n) is 4.61. The van der Waals surface area contributed by atoms with Crippen LogP contribution < -0.4 is 5.73 Å². The molecule has 2 aromatic rings. The highest BCUT2D eigenvalue weighted by atomic mass is 35.5. The third-order valence-corrected chi connectivity index (χ3v) is 3.31. The molecule has 0 heterocycles. The molecule has 0 radical (unpaired) electrons. The molecular weight excluding hydrogens is 268 g/mol. The molecule has 100 valence electrons. The summed E-state index contributed by atoms with van der Waals surface area (Å²) >= 11 is 5.99. The van der Waals surface area contributed by atoms with E-state index < -0.39 is 6.04 Å². The van der Waals surface area contributed by atoms with Crippen LogP contribution in [0.15, 0.2) is 36.4 Å². The number of hydrogen-bond acceptors (Lipinski definition) is 1. The van der Waals surface area contributed by atoms with Gasteiger partial charge in [0.1, 0.15) is 11.6 Å². The average Bonchev–Trinajstić information content (AvgIpc) is 2.32. The van der Waals surface area contributed by atoms with Crippen molar-refractivity contribution < 1.29 is 8.78 Å². The summed E-state index contributed by atoms with van der Waals surface area (Å²) in [5.41, 5.74) is 8.14. The standard InChI is InChI=1S/C15H14ClF2N/c1-9-4-11(7-13(18)5-9)15(19)8-10-6-12(17)2-3-14(10)16/h2-7,15H,8,19H2,1H3. The van der Waals surface area contributed by atoms with Crippen molar-refractivity contribution in [3.05, 3.63) is 69.7 Å². The highest BCUT2D eigenvalue weighted by molar-refractivity contribution is 6.31. The smallest absolute Gasteiger partial charge is 0.123 e. The van der Waals surface area contributed by atoms with Gasteiger partial charge < -0.3 is 5.73 Å². The topological polar surface area (TPSA) is 26.0 Å². The summed E-state index contributed by atoms with van der Waals surface area (Å²) in [6.07, 6.45) is 0.361. The third kappa shape index (κ3) is 3.52. The predicted octanol–water partition coefficient (Wildman–Crippen LogP) is 4.17. The summed E-state index contributed by atoms with van der Waals surface area (Å²) in [5, 5.41) is 0.463. The van der Waals surface area contributed by atoms with Crippen LogP contribution in [0.5, 0.6) is 0 Å². The van der Waals surface area contributed by atoms with Crippen LogP contribution in [0, 0.1) is 18.6 Å². The van der Waals surface area contributed by atoms with E-state index >= 15 is 0 Å². The Hall–Kier alpha value is -1.45. The van der Waals surface area contributed by atoms with Crippen LogP contribution in [0.4, 0.5) is 8.78 Å². The molecule has 0 aromatic heterocycles. The van der Waals surface area contributed by atoms with Gasteiger partial charge in [0, 0.05) is 11.1 Å². The average molecular weight is 282 g/mol. The summed E-state index contributed by atoms with van der Waals surface area (Å²) in [4.78, 5) is 0. The Morgan fingerprint density at radius 2 is 1.84 bits per heavy atom.